The molecular weight excluding hydrogens is 295 g/mol. The molecule has 0 aliphatic rings. The van der Waals surface area contributed by atoms with Gasteiger partial charge in [0.1, 0.15) is 6.10 Å². The molecule has 0 aromatic carbocycles. The predicted molar refractivity (Wildman–Crippen MR) is 69.5 cm³/mol. The molecule has 3 N–H and O–H groups in total. The monoisotopic (exact) mass is 310 g/mol. The minimum Gasteiger partial charge on any atom is -0.394 e. The number of halogens is 2. The molecule has 1 aromatic rings. The zero-order valence-corrected chi connectivity index (χ0v) is 11.7. The van der Waals surface area contributed by atoms with E-state index >= 15 is 0 Å². The second-order valence-corrected chi connectivity index (χ2v) is 5.15. The highest BCUT2D eigenvalue weighted by Gasteiger charge is 2.37. The van der Waals surface area contributed by atoms with Crippen molar-refractivity contribution in [2.24, 2.45) is 0 Å². The number of aryl methyl sites for hydroxylation is 1. The first-order chi connectivity index (χ1) is 9.20. The zero-order chi connectivity index (χ0) is 15.5. The van der Waals surface area contributed by atoms with Crippen LogP contribution < -0.4 is 11.2 Å². The number of aliphatic hydroxyl groups is 2. The highest BCUT2D eigenvalue weighted by atomic mass is 35.5. The molecule has 7 nitrogen and oxygen atoms in total. The molecule has 114 valence electrons. The van der Waals surface area contributed by atoms with Gasteiger partial charge in [0.25, 0.3) is 5.56 Å². The number of aromatic nitrogens is 2. The summed E-state index contributed by atoms with van der Waals surface area (Å²) < 4.78 is 19.9. The van der Waals surface area contributed by atoms with Gasteiger partial charge in [0.2, 0.25) is 5.13 Å². The molecule has 1 aromatic heterocycles. The number of rotatable bonds is 6. The van der Waals surface area contributed by atoms with Gasteiger partial charge in [0, 0.05) is 11.8 Å². The largest absolute Gasteiger partial charge is 0.394 e. The van der Waals surface area contributed by atoms with Crippen molar-refractivity contribution in [3.8, 4) is 0 Å². The van der Waals surface area contributed by atoms with Gasteiger partial charge >= 0.3 is 5.69 Å². The van der Waals surface area contributed by atoms with Crippen molar-refractivity contribution in [1.82, 2.24) is 9.55 Å². The molecule has 0 fully saturated rings. The molecule has 1 rings (SSSR count). The number of nitrogens with one attached hydrogen (secondary N) is 1. The number of alkyl halides is 2. The Morgan fingerprint density at radius 1 is 1.50 bits per heavy atom. The van der Waals surface area contributed by atoms with Crippen LogP contribution in [-0.4, -0.2) is 44.2 Å². The molecule has 0 saturated carbocycles. The molecule has 0 bridgehead atoms. The molecule has 2 atom stereocenters. The molecule has 0 saturated heterocycles. The molecule has 0 aliphatic carbocycles. The van der Waals surface area contributed by atoms with Gasteiger partial charge < -0.3 is 14.9 Å². The molecule has 9 heteroatoms. The summed E-state index contributed by atoms with van der Waals surface area (Å²) in [5.41, 5.74) is -1.37. The molecule has 0 aliphatic heterocycles. The van der Waals surface area contributed by atoms with Crippen molar-refractivity contribution in [3.63, 3.8) is 0 Å². The van der Waals surface area contributed by atoms with E-state index in [0.717, 1.165) is 17.7 Å². The standard InChI is InChI=1S/C11H16ClFN2O5/c1-6-3-15(10(19)14-8(6)18)9(11(2,12)13)20-7(4-16)5-17/h3,7,9,16-17H,4-5H2,1-2H3,(H,14,18,19). The van der Waals surface area contributed by atoms with Crippen molar-refractivity contribution in [1.29, 1.82) is 0 Å². The van der Waals surface area contributed by atoms with Gasteiger partial charge in [-0.15, -0.1) is 0 Å². The summed E-state index contributed by atoms with van der Waals surface area (Å²) in [6, 6.07) is 0. The quantitative estimate of drug-likeness (QED) is 0.622. The van der Waals surface area contributed by atoms with Crippen LogP contribution in [0.25, 0.3) is 0 Å². The van der Waals surface area contributed by atoms with Gasteiger partial charge in [0.15, 0.2) is 6.23 Å². The average Bonchev–Trinajstić information content (AvgIpc) is 2.34. The van der Waals surface area contributed by atoms with Crippen LogP contribution in [0.5, 0.6) is 0 Å². The minimum absolute atomic E-state index is 0.156. The van der Waals surface area contributed by atoms with Crippen molar-refractivity contribution >= 4 is 11.6 Å². The molecule has 0 amide bonds. The number of aliphatic hydroxyl groups excluding tert-OH is 2. The van der Waals surface area contributed by atoms with Gasteiger partial charge in [0.05, 0.1) is 13.2 Å². The van der Waals surface area contributed by atoms with E-state index < -0.39 is 41.9 Å². The summed E-state index contributed by atoms with van der Waals surface area (Å²) >= 11 is 5.55. The van der Waals surface area contributed by atoms with Crippen LogP contribution in [0.15, 0.2) is 15.8 Å². The van der Waals surface area contributed by atoms with Gasteiger partial charge in [-0.25, -0.2) is 9.18 Å². The van der Waals surface area contributed by atoms with Crippen molar-refractivity contribution < 1.29 is 19.3 Å². The summed E-state index contributed by atoms with van der Waals surface area (Å²) in [5, 5.41) is 15.4. The average molecular weight is 311 g/mol. The minimum atomic E-state index is -2.50. The Morgan fingerprint density at radius 2 is 2.05 bits per heavy atom. The van der Waals surface area contributed by atoms with Crippen LogP contribution in [0.3, 0.4) is 0 Å². The zero-order valence-electron chi connectivity index (χ0n) is 11.0. The van der Waals surface area contributed by atoms with E-state index in [1.54, 1.807) is 0 Å². The summed E-state index contributed by atoms with van der Waals surface area (Å²) in [4.78, 5) is 25.0. The van der Waals surface area contributed by atoms with E-state index in [1.807, 2.05) is 4.98 Å². The lowest BCUT2D eigenvalue weighted by molar-refractivity contribution is -0.132. The molecule has 2 unspecified atom stereocenters. The normalized spacial score (nSPS) is 16.1. The number of ether oxygens (including phenoxy) is 1. The van der Waals surface area contributed by atoms with Crippen LogP contribution in [-0.2, 0) is 4.74 Å². The molecule has 20 heavy (non-hydrogen) atoms. The Kier molecular flexibility index (Phi) is 5.46. The summed E-state index contributed by atoms with van der Waals surface area (Å²) in [6.45, 7) is 1.21. The first kappa shape index (κ1) is 16.8. The van der Waals surface area contributed by atoms with Crippen molar-refractivity contribution in [3.05, 3.63) is 32.6 Å². The number of hydrogen-bond acceptors (Lipinski definition) is 5. The molecule has 0 radical (unpaired) electrons. The number of hydrogen-bond donors (Lipinski definition) is 3. The Bertz CT molecular complexity index is 561. The van der Waals surface area contributed by atoms with Crippen LogP contribution in [0.4, 0.5) is 4.39 Å². The van der Waals surface area contributed by atoms with Gasteiger partial charge in [-0.2, -0.15) is 0 Å². The van der Waals surface area contributed by atoms with E-state index in [9.17, 15) is 14.0 Å². The fourth-order valence-corrected chi connectivity index (χ4v) is 1.67. The van der Waals surface area contributed by atoms with Crippen LogP contribution in [0.2, 0.25) is 0 Å². The van der Waals surface area contributed by atoms with E-state index in [1.165, 1.54) is 6.92 Å². The molecule has 0 spiro atoms. The van der Waals surface area contributed by atoms with E-state index in [0.29, 0.717) is 0 Å². The van der Waals surface area contributed by atoms with E-state index in [4.69, 9.17) is 26.6 Å². The predicted octanol–water partition coefficient (Wildman–Crippen LogP) is -0.362. The second kappa shape index (κ2) is 6.49. The Labute approximate surface area is 118 Å². The van der Waals surface area contributed by atoms with Crippen LogP contribution >= 0.6 is 11.6 Å². The maximum atomic E-state index is 14.0. The maximum Gasteiger partial charge on any atom is 0.330 e. The third kappa shape index (κ3) is 3.89. The number of nitrogens with zero attached hydrogens (tertiary/aromatic N) is 1. The number of aromatic amines is 1. The van der Waals surface area contributed by atoms with E-state index in [2.05, 4.69) is 0 Å². The van der Waals surface area contributed by atoms with Crippen molar-refractivity contribution in [2.75, 3.05) is 13.2 Å². The lowest BCUT2D eigenvalue weighted by Gasteiger charge is -2.29. The topological polar surface area (TPSA) is 105 Å². The van der Waals surface area contributed by atoms with Gasteiger partial charge in [-0.1, -0.05) is 11.6 Å². The maximum absolute atomic E-state index is 14.0. The molecule has 1 heterocycles. The lowest BCUT2D eigenvalue weighted by atomic mass is 10.3. The fourth-order valence-electron chi connectivity index (χ4n) is 1.52. The summed E-state index contributed by atoms with van der Waals surface area (Å²) in [7, 11) is 0. The van der Waals surface area contributed by atoms with Gasteiger partial charge in [-0.3, -0.25) is 14.3 Å². The number of H-pyrrole nitrogens is 1. The Balaban J connectivity index is 3.29. The van der Waals surface area contributed by atoms with E-state index in [-0.39, 0.29) is 5.56 Å². The second-order valence-electron chi connectivity index (χ2n) is 4.41. The SMILES string of the molecule is Cc1cn(C(OC(CO)CO)C(C)(F)Cl)c(=O)[nH]c1=O. The Hall–Kier alpha value is -1.22. The third-order valence-electron chi connectivity index (χ3n) is 2.56. The van der Waals surface area contributed by atoms with Crippen LogP contribution in [0, 0.1) is 6.92 Å². The van der Waals surface area contributed by atoms with Crippen LogP contribution in [0.1, 0.15) is 18.7 Å². The smallest absolute Gasteiger partial charge is 0.330 e. The fraction of sp³-hybridized carbons (Fsp3) is 0.636. The van der Waals surface area contributed by atoms with Crippen molar-refractivity contribution in [2.45, 2.75) is 31.3 Å². The first-order valence-corrected chi connectivity index (χ1v) is 6.15. The summed E-state index contributed by atoms with van der Waals surface area (Å²) in [5.74, 6) is 0. The molecular formula is C11H16ClFN2O5. The van der Waals surface area contributed by atoms with Gasteiger partial charge in [-0.05, 0) is 13.8 Å². The lowest BCUT2D eigenvalue weighted by Crippen LogP contribution is -2.42. The highest BCUT2D eigenvalue weighted by molar-refractivity contribution is 6.22. The third-order valence-corrected chi connectivity index (χ3v) is 2.75. The highest BCUT2D eigenvalue weighted by Crippen LogP contribution is 2.32. The first-order valence-electron chi connectivity index (χ1n) is 5.77. The Morgan fingerprint density at radius 3 is 2.50 bits per heavy atom. The summed E-state index contributed by atoms with van der Waals surface area (Å²) in [6.07, 6.45) is -1.65.